The van der Waals surface area contributed by atoms with Gasteiger partial charge in [-0.05, 0) is 18.6 Å². The molecule has 13 heavy (non-hydrogen) atoms. The highest BCUT2D eigenvalue weighted by Gasteiger charge is 2.06. The summed E-state index contributed by atoms with van der Waals surface area (Å²) in [5.41, 5.74) is 0.828. The van der Waals surface area contributed by atoms with Gasteiger partial charge in [0.15, 0.2) is 6.61 Å². The van der Waals surface area contributed by atoms with Gasteiger partial charge in [0.05, 0.1) is 5.02 Å². The monoisotopic (exact) mass is 200 g/mol. The van der Waals surface area contributed by atoms with Crippen LogP contribution in [-0.4, -0.2) is 17.7 Å². The Morgan fingerprint density at radius 1 is 1.62 bits per heavy atom. The van der Waals surface area contributed by atoms with Gasteiger partial charge in [-0.15, -0.1) is 0 Å². The largest absolute Gasteiger partial charge is 0.480 e. The van der Waals surface area contributed by atoms with E-state index in [1.165, 1.54) is 0 Å². The second kappa shape index (κ2) is 4.14. The van der Waals surface area contributed by atoms with Gasteiger partial charge in [0.25, 0.3) is 0 Å². The van der Waals surface area contributed by atoms with E-state index in [1.54, 1.807) is 12.1 Å². The van der Waals surface area contributed by atoms with E-state index in [2.05, 4.69) is 0 Å². The summed E-state index contributed by atoms with van der Waals surface area (Å²) < 4.78 is 5.00. The lowest BCUT2D eigenvalue weighted by molar-refractivity contribution is -0.139. The number of aryl methyl sites for hydroxylation is 1. The number of carboxylic acids is 1. The summed E-state index contributed by atoms with van der Waals surface area (Å²) in [6.45, 7) is 1.44. The first kappa shape index (κ1) is 9.86. The molecule has 1 aromatic carbocycles. The third-order valence-electron chi connectivity index (χ3n) is 1.50. The number of benzene rings is 1. The standard InChI is InChI=1S/C9H9ClO3/c1-6-3-2-4-7(10)9(6)13-5-8(11)12/h2-4H,5H2,1H3,(H,11,12). The summed E-state index contributed by atoms with van der Waals surface area (Å²) in [5.74, 6) is -0.578. The average Bonchev–Trinajstić information content (AvgIpc) is 2.03. The molecule has 0 fully saturated rings. The molecular formula is C9H9ClO3. The fourth-order valence-electron chi connectivity index (χ4n) is 0.933. The summed E-state index contributed by atoms with van der Waals surface area (Å²) in [4.78, 5) is 10.2. The molecule has 0 radical (unpaired) electrons. The Kier molecular flexibility index (Phi) is 3.14. The van der Waals surface area contributed by atoms with Crippen LogP contribution in [0.25, 0.3) is 0 Å². The van der Waals surface area contributed by atoms with Crippen molar-refractivity contribution >= 4 is 17.6 Å². The number of halogens is 1. The maximum absolute atomic E-state index is 10.2. The molecular weight excluding hydrogens is 192 g/mol. The fourth-order valence-corrected chi connectivity index (χ4v) is 1.21. The number of ether oxygens (including phenoxy) is 1. The van der Waals surface area contributed by atoms with Crippen molar-refractivity contribution in [2.45, 2.75) is 6.92 Å². The molecule has 4 heteroatoms. The van der Waals surface area contributed by atoms with E-state index in [9.17, 15) is 4.79 Å². The number of rotatable bonds is 3. The maximum Gasteiger partial charge on any atom is 0.341 e. The van der Waals surface area contributed by atoms with Crippen LogP contribution < -0.4 is 4.74 Å². The predicted molar refractivity (Wildman–Crippen MR) is 49.3 cm³/mol. The summed E-state index contributed by atoms with van der Waals surface area (Å²) in [7, 11) is 0. The van der Waals surface area contributed by atoms with E-state index >= 15 is 0 Å². The van der Waals surface area contributed by atoms with Crippen molar-refractivity contribution in [2.24, 2.45) is 0 Å². The SMILES string of the molecule is Cc1cccc(Cl)c1OCC(=O)O. The first-order chi connectivity index (χ1) is 6.11. The van der Waals surface area contributed by atoms with E-state index < -0.39 is 5.97 Å². The highest BCUT2D eigenvalue weighted by Crippen LogP contribution is 2.27. The molecule has 0 saturated carbocycles. The van der Waals surface area contributed by atoms with Gasteiger partial charge in [0, 0.05) is 0 Å². The summed E-state index contributed by atoms with van der Waals surface area (Å²) in [6, 6.07) is 5.25. The van der Waals surface area contributed by atoms with Gasteiger partial charge in [-0.1, -0.05) is 23.7 Å². The van der Waals surface area contributed by atoms with Crippen LogP contribution in [0.1, 0.15) is 5.56 Å². The van der Waals surface area contributed by atoms with Gasteiger partial charge in [-0.25, -0.2) is 4.79 Å². The molecule has 0 atom stereocenters. The molecule has 0 aliphatic rings. The van der Waals surface area contributed by atoms with Crippen LogP contribution in [-0.2, 0) is 4.79 Å². The van der Waals surface area contributed by atoms with Crippen molar-refractivity contribution in [3.63, 3.8) is 0 Å². The molecule has 0 unspecified atom stereocenters. The molecule has 0 amide bonds. The Hall–Kier alpha value is -1.22. The lowest BCUT2D eigenvalue weighted by Crippen LogP contribution is -2.10. The van der Waals surface area contributed by atoms with Crippen LogP contribution in [0.2, 0.25) is 5.02 Å². The van der Waals surface area contributed by atoms with Crippen LogP contribution in [0.4, 0.5) is 0 Å². The highest BCUT2D eigenvalue weighted by atomic mass is 35.5. The predicted octanol–water partition coefficient (Wildman–Crippen LogP) is 2.11. The van der Waals surface area contributed by atoms with Crippen molar-refractivity contribution in [2.75, 3.05) is 6.61 Å². The number of hydrogen-bond donors (Lipinski definition) is 1. The third-order valence-corrected chi connectivity index (χ3v) is 1.80. The number of carbonyl (C=O) groups is 1. The quantitative estimate of drug-likeness (QED) is 0.813. The Bertz CT molecular complexity index is 302. The zero-order valence-electron chi connectivity index (χ0n) is 7.08. The Morgan fingerprint density at radius 2 is 2.31 bits per heavy atom. The van der Waals surface area contributed by atoms with Gasteiger partial charge in [-0.2, -0.15) is 0 Å². The second-order valence-electron chi connectivity index (χ2n) is 2.57. The molecule has 0 aromatic heterocycles. The van der Waals surface area contributed by atoms with Crippen molar-refractivity contribution < 1.29 is 14.6 Å². The molecule has 0 aliphatic heterocycles. The van der Waals surface area contributed by atoms with E-state index in [-0.39, 0.29) is 6.61 Å². The van der Waals surface area contributed by atoms with Crippen LogP contribution in [0.3, 0.4) is 0 Å². The number of hydrogen-bond acceptors (Lipinski definition) is 2. The van der Waals surface area contributed by atoms with Gasteiger partial charge in [0.2, 0.25) is 0 Å². The van der Waals surface area contributed by atoms with E-state index in [4.69, 9.17) is 21.4 Å². The number of carboxylic acid groups (broad SMARTS) is 1. The third kappa shape index (κ3) is 2.63. The van der Waals surface area contributed by atoms with E-state index in [0.717, 1.165) is 5.56 Å². The molecule has 1 aromatic rings. The first-order valence-electron chi connectivity index (χ1n) is 3.71. The molecule has 0 spiro atoms. The lowest BCUT2D eigenvalue weighted by Gasteiger charge is -2.07. The van der Waals surface area contributed by atoms with Gasteiger partial charge in [-0.3, -0.25) is 0 Å². The first-order valence-corrected chi connectivity index (χ1v) is 4.09. The Balaban J connectivity index is 2.81. The molecule has 70 valence electrons. The minimum Gasteiger partial charge on any atom is -0.480 e. The average molecular weight is 201 g/mol. The maximum atomic E-state index is 10.2. The van der Waals surface area contributed by atoms with Crippen molar-refractivity contribution in [3.8, 4) is 5.75 Å². The molecule has 0 bridgehead atoms. The minimum absolute atomic E-state index is 0.370. The van der Waals surface area contributed by atoms with E-state index in [1.807, 2.05) is 13.0 Å². The summed E-state index contributed by atoms with van der Waals surface area (Å²) in [5, 5.41) is 8.82. The smallest absolute Gasteiger partial charge is 0.341 e. The van der Waals surface area contributed by atoms with Gasteiger partial charge in [0.1, 0.15) is 5.75 Å². The zero-order chi connectivity index (χ0) is 9.84. The summed E-state index contributed by atoms with van der Waals surface area (Å²) >= 11 is 5.80. The summed E-state index contributed by atoms with van der Waals surface area (Å²) in [6.07, 6.45) is 0. The van der Waals surface area contributed by atoms with Crippen LogP contribution in [0.15, 0.2) is 18.2 Å². The Labute approximate surface area is 80.9 Å². The molecule has 0 heterocycles. The van der Waals surface area contributed by atoms with Crippen molar-refractivity contribution in [3.05, 3.63) is 28.8 Å². The molecule has 1 N–H and O–H groups in total. The Morgan fingerprint density at radius 3 is 2.85 bits per heavy atom. The van der Waals surface area contributed by atoms with Crippen LogP contribution >= 0.6 is 11.6 Å². The van der Waals surface area contributed by atoms with Gasteiger partial charge >= 0.3 is 5.97 Å². The zero-order valence-corrected chi connectivity index (χ0v) is 7.84. The highest BCUT2D eigenvalue weighted by molar-refractivity contribution is 6.32. The number of aliphatic carboxylic acids is 1. The van der Waals surface area contributed by atoms with Crippen LogP contribution in [0.5, 0.6) is 5.75 Å². The fraction of sp³-hybridized carbons (Fsp3) is 0.222. The molecule has 0 aliphatic carbocycles. The molecule has 0 saturated heterocycles. The normalized spacial score (nSPS) is 9.69. The van der Waals surface area contributed by atoms with E-state index in [0.29, 0.717) is 10.8 Å². The molecule has 1 rings (SSSR count). The molecule has 3 nitrogen and oxygen atoms in total. The second-order valence-corrected chi connectivity index (χ2v) is 2.98. The van der Waals surface area contributed by atoms with Crippen molar-refractivity contribution in [1.29, 1.82) is 0 Å². The minimum atomic E-state index is -1.01. The topological polar surface area (TPSA) is 46.5 Å². The van der Waals surface area contributed by atoms with Gasteiger partial charge < -0.3 is 9.84 Å². The van der Waals surface area contributed by atoms with Crippen molar-refractivity contribution in [1.82, 2.24) is 0 Å². The number of para-hydroxylation sites is 1. The van der Waals surface area contributed by atoms with Crippen LogP contribution in [0, 0.1) is 6.92 Å². The lowest BCUT2D eigenvalue weighted by atomic mass is 10.2.